The molecule has 1 aliphatic rings. The fourth-order valence-electron chi connectivity index (χ4n) is 2.05. The number of para-hydroxylation sites is 2. The number of aliphatic hydroxyl groups excluding tert-OH is 1. The van der Waals surface area contributed by atoms with E-state index in [2.05, 4.69) is 0 Å². The van der Waals surface area contributed by atoms with Crippen LogP contribution in [0.2, 0.25) is 0 Å². The predicted molar refractivity (Wildman–Crippen MR) is 68.4 cm³/mol. The van der Waals surface area contributed by atoms with Crippen LogP contribution in [0.4, 0.5) is 11.4 Å². The second kappa shape index (κ2) is 4.75. The first kappa shape index (κ1) is 11.9. The highest BCUT2D eigenvalue weighted by atomic mass is 16.3. The van der Waals surface area contributed by atoms with Gasteiger partial charge in [0.2, 0.25) is 5.91 Å². The number of carbonyl (C=O) groups is 1. The Morgan fingerprint density at radius 2 is 2.00 bits per heavy atom. The highest BCUT2D eigenvalue weighted by Crippen LogP contribution is 2.32. The molecule has 1 unspecified atom stereocenters. The fourth-order valence-corrected chi connectivity index (χ4v) is 2.05. The zero-order chi connectivity index (χ0) is 12.4. The first-order valence-corrected chi connectivity index (χ1v) is 5.88. The zero-order valence-electron chi connectivity index (χ0n) is 10.3. The molecule has 0 saturated carbocycles. The van der Waals surface area contributed by atoms with E-state index < -0.39 is 0 Å². The van der Waals surface area contributed by atoms with Gasteiger partial charge in [0.05, 0.1) is 24.0 Å². The van der Waals surface area contributed by atoms with Crippen molar-refractivity contribution in [1.29, 1.82) is 0 Å². The van der Waals surface area contributed by atoms with E-state index in [1.165, 1.54) is 0 Å². The summed E-state index contributed by atoms with van der Waals surface area (Å²) in [6.07, 6.45) is 0.336. The SMILES string of the molecule is CC(O)CCN1CC(=O)N(C)c2ccccc21. The third-order valence-electron chi connectivity index (χ3n) is 3.10. The fraction of sp³-hybridized carbons (Fsp3) is 0.462. The van der Waals surface area contributed by atoms with Gasteiger partial charge in [-0.05, 0) is 25.5 Å². The Morgan fingerprint density at radius 1 is 1.35 bits per heavy atom. The van der Waals surface area contributed by atoms with Crippen molar-refractivity contribution in [3.05, 3.63) is 24.3 Å². The third kappa shape index (κ3) is 2.42. The zero-order valence-corrected chi connectivity index (χ0v) is 10.3. The number of nitrogens with zero attached hydrogens (tertiary/aromatic N) is 2. The summed E-state index contributed by atoms with van der Waals surface area (Å²) in [4.78, 5) is 15.6. The third-order valence-corrected chi connectivity index (χ3v) is 3.10. The molecule has 4 nitrogen and oxygen atoms in total. The van der Waals surface area contributed by atoms with Crippen LogP contribution in [0.3, 0.4) is 0 Å². The molecule has 0 saturated heterocycles. The molecule has 1 aliphatic heterocycles. The summed E-state index contributed by atoms with van der Waals surface area (Å²) in [5.41, 5.74) is 2.00. The molecule has 17 heavy (non-hydrogen) atoms. The molecule has 1 atom stereocenters. The van der Waals surface area contributed by atoms with E-state index in [1.807, 2.05) is 29.2 Å². The van der Waals surface area contributed by atoms with Crippen LogP contribution in [0.15, 0.2) is 24.3 Å². The number of aliphatic hydroxyl groups is 1. The Kier molecular flexibility index (Phi) is 3.33. The number of likely N-dealkylation sites (N-methyl/N-ethyl adjacent to an activating group) is 1. The van der Waals surface area contributed by atoms with Gasteiger partial charge in [-0.3, -0.25) is 4.79 Å². The summed E-state index contributed by atoms with van der Waals surface area (Å²) in [5.74, 6) is 0.0919. The molecule has 1 aromatic rings. The van der Waals surface area contributed by atoms with Crippen molar-refractivity contribution < 1.29 is 9.90 Å². The van der Waals surface area contributed by atoms with E-state index in [9.17, 15) is 9.90 Å². The number of amides is 1. The molecule has 1 amide bonds. The molecule has 1 aromatic carbocycles. The van der Waals surface area contributed by atoms with E-state index in [0.29, 0.717) is 19.5 Å². The maximum absolute atomic E-state index is 11.8. The van der Waals surface area contributed by atoms with Crippen LogP contribution in [0, 0.1) is 0 Å². The summed E-state index contributed by atoms with van der Waals surface area (Å²) in [5, 5.41) is 9.33. The lowest BCUT2D eigenvalue weighted by Crippen LogP contribution is -2.44. The van der Waals surface area contributed by atoms with Gasteiger partial charge in [-0.1, -0.05) is 12.1 Å². The van der Waals surface area contributed by atoms with Gasteiger partial charge in [-0.15, -0.1) is 0 Å². The molecular formula is C13H18N2O2. The van der Waals surface area contributed by atoms with Crippen molar-refractivity contribution in [1.82, 2.24) is 0 Å². The lowest BCUT2D eigenvalue weighted by atomic mass is 10.1. The highest BCUT2D eigenvalue weighted by Gasteiger charge is 2.25. The molecule has 0 bridgehead atoms. The van der Waals surface area contributed by atoms with Crippen LogP contribution < -0.4 is 9.80 Å². The molecule has 92 valence electrons. The monoisotopic (exact) mass is 234 g/mol. The smallest absolute Gasteiger partial charge is 0.246 e. The van der Waals surface area contributed by atoms with Gasteiger partial charge in [0, 0.05) is 13.6 Å². The number of hydrogen-bond acceptors (Lipinski definition) is 3. The number of fused-ring (bicyclic) bond motifs is 1. The first-order valence-electron chi connectivity index (χ1n) is 5.88. The van der Waals surface area contributed by atoms with Gasteiger partial charge in [0.1, 0.15) is 0 Å². The van der Waals surface area contributed by atoms with E-state index in [4.69, 9.17) is 0 Å². The van der Waals surface area contributed by atoms with E-state index in [1.54, 1.807) is 18.9 Å². The van der Waals surface area contributed by atoms with Gasteiger partial charge in [0.25, 0.3) is 0 Å². The number of anilines is 2. The summed E-state index contributed by atoms with van der Waals surface area (Å²) < 4.78 is 0. The minimum Gasteiger partial charge on any atom is -0.393 e. The van der Waals surface area contributed by atoms with Crippen LogP contribution in [-0.4, -0.2) is 37.3 Å². The molecule has 1 heterocycles. The van der Waals surface area contributed by atoms with Crippen molar-refractivity contribution in [3.8, 4) is 0 Å². The molecule has 0 aromatic heterocycles. The number of rotatable bonds is 3. The summed E-state index contributed by atoms with van der Waals surface area (Å²) in [7, 11) is 1.80. The molecule has 4 heteroatoms. The summed E-state index contributed by atoms with van der Waals surface area (Å²) in [6, 6.07) is 7.86. The normalized spacial score (nSPS) is 17.0. The van der Waals surface area contributed by atoms with Crippen LogP contribution >= 0.6 is 0 Å². The highest BCUT2D eigenvalue weighted by molar-refractivity contribution is 6.02. The molecule has 1 N–H and O–H groups in total. The Bertz CT molecular complexity index is 418. The second-order valence-electron chi connectivity index (χ2n) is 4.50. The molecule has 0 radical (unpaired) electrons. The number of hydrogen-bond donors (Lipinski definition) is 1. The van der Waals surface area contributed by atoms with Crippen LogP contribution in [0.5, 0.6) is 0 Å². The van der Waals surface area contributed by atoms with Crippen LogP contribution in [0.25, 0.3) is 0 Å². The number of carbonyl (C=O) groups excluding carboxylic acids is 1. The Labute approximate surface area is 101 Å². The Hall–Kier alpha value is -1.55. The van der Waals surface area contributed by atoms with E-state index in [0.717, 1.165) is 11.4 Å². The van der Waals surface area contributed by atoms with Crippen LogP contribution in [-0.2, 0) is 4.79 Å². The lowest BCUT2D eigenvalue weighted by Gasteiger charge is -2.35. The van der Waals surface area contributed by atoms with Gasteiger partial charge in [0.15, 0.2) is 0 Å². The van der Waals surface area contributed by atoms with Crippen molar-refractivity contribution in [2.75, 3.05) is 29.9 Å². The lowest BCUT2D eigenvalue weighted by molar-refractivity contribution is -0.117. The van der Waals surface area contributed by atoms with Gasteiger partial charge < -0.3 is 14.9 Å². The molecular weight excluding hydrogens is 216 g/mol. The van der Waals surface area contributed by atoms with Crippen molar-refractivity contribution in [3.63, 3.8) is 0 Å². The average Bonchev–Trinajstić information content (AvgIpc) is 2.32. The minimum absolute atomic E-state index is 0.0919. The summed E-state index contributed by atoms with van der Waals surface area (Å²) in [6.45, 7) is 2.86. The predicted octanol–water partition coefficient (Wildman–Crippen LogP) is 1.24. The Morgan fingerprint density at radius 3 is 2.65 bits per heavy atom. The van der Waals surface area contributed by atoms with E-state index in [-0.39, 0.29) is 12.0 Å². The Balaban J connectivity index is 2.24. The van der Waals surface area contributed by atoms with Gasteiger partial charge >= 0.3 is 0 Å². The van der Waals surface area contributed by atoms with Crippen molar-refractivity contribution >= 4 is 17.3 Å². The van der Waals surface area contributed by atoms with Crippen LogP contribution in [0.1, 0.15) is 13.3 Å². The largest absolute Gasteiger partial charge is 0.393 e. The van der Waals surface area contributed by atoms with Crippen molar-refractivity contribution in [2.24, 2.45) is 0 Å². The van der Waals surface area contributed by atoms with Crippen molar-refractivity contribution in [2.45, 2.75) is 19.4 Å². The second-order valence-corrected chi connectivity index (χ2v) is 4.50. The minimum atomic E-state index is -0.336. The maximum atomic E-state index is 11.8. The first-order chi connectivity index (χ1) is 8.09. The molecule has 2 rings (SSSR count). The molecule has 0 fully saturated rings. The molecule has 0 spiro atoms. The van der Waals surface area contributed by atoms with Gasteiger partial charge in [-0.25, -0.2) is 0 Å². The number of benzene rings is 1. The van der Waals surface area contributed by atoms with Gasteiger partial charge in [-0.2, -0.15) is 0 Å². The van der Waals surface area contributed by atoms with E-state index >= 15 is 0 Å². The summed E-state index contributed by atoms with van der Waals surface area (Å²) >= 11 is 0. The topological polar surface area (TPSA) is 43.8 Å². The standard InChI is InChI=1S/C13H18N2O2/c1-10(16)7-8-15-9-13(17)14(2)11-5-3-4-6-12(11)15/h3-6,10,16H,7-9H2,1-2H3. The average molecular weight is 234 g/mol. The maximum Gasteiger partial charge on any atom is 0.246 e. The molecule has 0 aliphatic carbocycles. The quantitative estimate of drug-likeness (QED) is 0.855.